The molecule has 2 aromatic rings. The second-order valence-corrected chi connectivity index (χ2v) is 4.67. The van der Waals surface area contributed by atoms with E-state index in [-0.39, 0.29) is 11.4 Å². The SMILES string of the molecule is CSc1ccccc1Nc1cccc(N)c1[N+](=O)[O-]. The summed E-state index contributed by atoms with van der Waals surface area (Å²) in [5, 5.41) is 14.1. The normalized spacial score (nSPS) is 10.2. The van der Waals surface area contributed by atoms with Crippen molar-refractivity contribution in [1.82, 2.24) is 0 Å². The number of nitrogens with zero attached hydrogens (tertiary/aromatic N) is 1. The summed E-state index contributed by atoms with van der Waals surface area (Å²) in [5.74, 6) is 0. The van der Waals surface area contributed by atoms with Gasteiger partial charge in [0.15, 0.2) is 0 Å². The van der Waals surface area contributed by atoms with Crippen LogP contribution in [0, 0.1) is 10.1 Å². The van der Waals surface area contributed by atoms with Crippen molar-refractivity contribution in [2.24, 2.45) is 0 Å². The summed E-state index contributed by atoms with van der Waals surface area (Å²) in [6, 6.07) is 12.5. The van der Waals surface area contributed by atoms with E-state index in [0.29, 0.717) is 5.69 Å². The Morgan fingerprint density at radius 1 is 1.16 bits per heavy atom. The molecule has 0 fully saturated rings. The summed E-state index contributed by atoms with van der Waals surface area (Å²) in [4.78, 5) is 11.6. The molecule has 19 heavy (non-hydrogen) atoms. The average Bonchev–Trinajstić information content (AvgIpc) is 2.39. The molecule has 5 nitrogen and oxygen atoms in total. The molecule has 2 aromatic carbocycles. The van der Waals surface area contributed by atoms with Crippen molar-refractivity contribution in [2.45, 2.75) is 4.90 Å². The van der Waals surface area contributed by atoms with Gasteiger partial charge in [-0.25, -0.2) is 0 Å². The zero-order chi connectivity index (χ0) is 13.8. The van der Waals surface area contributed by atoms with E-state index in [1.165, 1.54) is 6.07 Å². The van der Waals surface area contributed by atoms with Crippen LogP contribution in [-0.4, -0.2) is 11.2 Å². The lowest BCUT2D eigenvalue weighted by molar-refractivity contribution is -0.383. The molecule has 0 spiro atoms. The maximum absolute atomic E-state index is 11.1. The summed E-state index contributed by atoms with van der Waals surface area (Å²) in [5.41, 5.74) is 6.93. The van der Waals surface area contributed by atoms with Crippen molar-refractivity contribution in [2.75, 3.05) is 17.3 Å². The van der Waals surface area contributed by atoms with E-state index in [9.17, 15) is 10.1 Å². The monoisotopic (exact) mass is 275 g/mol. The minimum Gasteiger partial charge on any atom is -0.393 e. The van der Waals surface area contributed by atoms with E-state index in [1.807, 2.05) is 30.5 Å². The third kappa shape index (κ3) is 2.79. The maximum atomic E-state index is 11.1. The fourth-order valence-electron chi connectivity index (χ4n) is 1.76. The highest BCUT2D eigenvalue weighted by Gasteiger charge is 2.18. The van der Waals surface area contributed by atoms with Gasteiger partial charge in [-0.05, 0) is 30.5 Å². The summed E-state index contributed by atoms with van der Waals surface area (Å²) >= 11 is 1.57. The van der Waals surface area contributed by atoms with Crippen LogP contribution in [0.4, 0.5) is 22.7 Å². The second kappa shape index (κ2) is 5.62. The first-order valence-corrected chi connectivity index (χ1v) is 6.79. The predicted octanol–water partition coefficient (Wildman–Crippen LogP) is 3.64. The Kier molecular flexibility index (Phi) is 3.91. The van der Waals surface area contributed by atoms with E-state index in [1.54, 1.807) is 23.9 Å². The lowest BCUT2D eigenvalue weighted by atomic mass is 10.2. The molecule has 0 saturated carbocycles. The lowest BCUT2D eigenvalue weighted by Gasteiger charge is -2.11. The highest BCUT2D eigenvalue weighted by atomic mass is 32.2. The van der Waals surface area contributed by atoms with E-state index < -0.39 is 4.92 Å². The summed E-state index contributed by atoms with van der Waals surface area (Å²) in [6.07, 6.45) is 1.95. The van der Waals surface area contributed by atoms with Crippen molar-refractivity contribution in [3.8, 4) is 0 Å². The molecule has 0 amide bonds. The molecular weight excluding hydrogens is 262 g/mol. The topological polar surface area (TPSA) is 81.2 Å². The van der Waals surface area contributed by atoms with E-state index in [4.69, 9.17) is 5.73 Å². The molecule has 0 bridgehead atoms. The highest BCUT2D eigenvalue weighted by Crippen LogP contribution is 2.35. The van der Waals surface area contributed by atoms with Crippen LogP contribution in [0.25, 0.3) is 0 Å². The van der Waals surface area contributed by atoms with Crippen LogP contribution in [-0.2, 0) is 0 Å². The molecule has 0 unspecified atom stereocenters. The summed E-state index contributed by atoms with van der Waals surface area (Å²) in [6.45, 7) is 0. The number of hydrogen-bond donors (Lipinski definition) is 2. The Morgan fingerprint density at radius 2 is 1.84 bits per heavy atom. The van der Waals surface area contributed by atoms with Gasteiger partial charge in [-0.1, -0.05) is 18.2 Å². The molecule has 0 atom stereocenters. The lowest BCUT2D eigenvalue weighted by Crippen LogP contribution is -2.01. The third-order valence-electron chi connectivity index (χ3n) is 2.63. The third-order valence-corrected chi connectivity index (χ3v) is 3.42. The standard InChI is InChI=1S/C13H13N3O2S/c1-19-12-8-3-2-6-10(12)15-11-7-4-5-9(14)13(11)16(17)18/h2-8,15H,14H2,1H3. The van der Waals surface area contributed by atoms with Gasteiger partial charge in [-0.15, -0.1) is 11.8 Å². The van der Waals surface area contributed by atoms with Crippen LogP contribution in [0.2, 0.25) is 0 Å². The van der Waals surface area contributed by atoms with Crippen LogP contribution in [0.3, 0.4) is 0 Å². The van der Waals surface area contributed by atoms with Crippen LogP contribution >= 0.6 is 11.8 Å². The van der Waals surface area contributed by atoms with E-state index >= 15 is 0 Å². The highest BCUT2D eigenvalue weighted by molar-refractivity contribution is 7.98. The van der Waals surface area contributed by atoms with Gasteiger partial charge in [0.2, 0.25) is 0 Å². The number of nitrogen functional groups attached to an aromatic ring is 1. The first-order chi connectivity index (χ1) is 9.13. The number of thioether (sulfide) groups is 1. The number of nitro benzene ring substituents is 1. The van der Waals surface area contributed by atoms with Gasteiger partial charge in [-0.2, -0.15) is 0 Å². The molecule has 0 aliphatic rings. The first kappa shape index (κ1) is 13.2. The number of hydrogen-bond acceptors (Lipinski definition) is 5. The number of nitrogens with one attached hydrogen (secondary N) is 1. The number of rotatable bonds is 4. The van der Waals surface area contributed by atoms with Crippen molar-refractivity contribution in [1.29, 1.82) is 0 Å². The Hall–Kier alpha value is -2.21. The Balaban J connectivity index is 2.44. The van der Waals surface area contributed by atoms with Crippen molar-refractivity contribution >= 4 is 34.5 Å². The summed E-state index contributed by atoms with van der Waals surface area (Å²) in [7, 11) is 0. The van der Waals surface area contributed by atoms with Gasteiger partial charge < -0.3 is 11.1 Å². The van der Waals surface area contributed by atoms with E-state index in [0.717, 1.165) is 10.6 Å². The minimum atomic E-state index is -0.473. The van der Waals surface area contributed by atoms with Gasteiger partial charge >= 0.3 is 5.69 Å². The van der Waals surface area contributed by atoms with Crippen LogP contribution in [0.15, 0.2) is 47.4 Å². The number of para-hydroxylation sites is 2. The number of nitrogens with two attached hydrogens (primary N) is 1. The van der Waals surface area contributed by atoms with Crippen LogP contribution < -0.4 is 11.1 Å². The summed E-state index contributed by atoms with van der Waals surface area (Å²) < 4.78 is 0. The first-order valence-electron chi connectivity index (χ1n) is 5.56. The van der Waals surface area contributed by atoms with Gasteiger partial charge in [0.05, 0.1) is 10.6 Å². The quantitative estimate of drug-likeness (QED) is 0.385. The average molecular weight is 275 g/mol. The Morgan fingerprint density at radius 3 is 2.53 bits per heavy atom. The Labute approximate surface area is 115 Å². The Bertz CT molecular complexity index is 617. The molecule has 0 radical (unpaired) electrons. The molecule has 98 valence electrons. The van der Waals surface area contributed by atoms with Crippen molar-refractivity contribution in [3.05, 3.63) is 52.6 Å². The fourth-order valence-corrected chi connectivity index (χ4v) is 2.31. The maximum Gasteiger partial charge on any atom is 0.315 e. The molecule has 0 aliphatic carbocycles. The minimum absolute atomic E-state index is 0.0987. The zero-order valence-corrected chi connectivity index (χ0v) is 11.1. The fraction of sp³-hybridized carbons (Fsp3) is 0.0769. The second-order valence-electron chi connectivity index (χ2n) is 3.83. The van der Waals surface area contributed by atoms with E-state index in [2.05, 4.69) is 5.32 Å². The van der Waals surface area contributed by atoms with Crippen molar-refractivity contribution in [3.63, 3.8) is 0 Å². The number of nitro groups is 1. The number of anilines is 3. The molecule has 6 heteroatoms. The number of benzene rings is 2. The molecule has 0 saturated heterocycles. The largest absolute Gasteiger partial charge is 0.393 e. The smallest absolute Gasteiger partial charge is 0.315 e. The molecule has 0 aliphatic heterocycles. The van der Waals surface area contributed by atoms with Crippen molar-refractivity contribution < 1.29 is 4.92 Å². The van der Waals surface area contributed by atoms with Gasteiger partial charge in [0.25, 0.3) is 0 Å². The molecule has 0 aromatic heterocycles. The molecule has 2 rings (SSSR count). The van der Waals surface area contributed by atoms with Crippen LogP contribution in [0.1, 0.15) is 0 Å². The molecule has 0 heterocycles. The predicted molar refractivity (Wildman–Crippen MR) is 79.0 cm³/mol. The van der Waals surface area contributed by atoms with Gasteiger partial charge in [-0.3, -0.25) is 10.1 Å². The van der Waals surface area contributed by atoms with Gasteiger partial charge in [0, 0.05) is 4.90 Å². The molecular formula is C13H13N3O2S. The van der Waals surface area contributed by atoms with Gasteiger partial charge in [0.1, 0.15) is 11.4 Å². The molecule has 3 N–H and O–H groups in total. The zero-order valence-electron chi connectivity index (χ0n) is 10.3. The van der Waals surface area contributed by atoms with Crippen LogP contribution in [0.5, 0.6) is 0 Å².